The van der Waals surface area contributed by atoms with E-state index in [1.807, 2.05) is 0 Å². The summed E-state index contributed by atoms with van der Waals surface area (Å²) in [6, 6.07) is 2.08. The van der Waals surface area contributed by atoms with Gasteiger partial charge in [0, 0.05) is 19.8 Å². The minimum atomic E-state index is -0.745. The lowest BCUT2D eigenvalue weighted by atomic mass is 10.3. The molecule has 0 fully saturated rings. The molecule has 0 bridgehead atoms. The van der Waals surface area contributed by atoms with Crippen LogP contribution >= 0.6 is 11.8 Å². The van der Waals surface area contributed by atoms with Gasteiger partial charge in [0.05, 0.1) is 10.1 Å². The van der Waals surface area contributed by atoms with Gasteiger partial charge in [-0.1, -0.05) is 0 Å². The van der Waals surface area contributed by atoms with Gasteiger partial charge in [0.1, 0.15) is 11.6 Å². The van der Waals surface area contributed by atoms with Crippen LogP contribution in [0.5, 0.6) is 0 Å². The number of rotatable bonds is 3. The first-order valence-corrected chi connectivity index (χ1v) is 5.83. The summed E-state index contributed by atoms with van der Waals surface area (Å²) in [7, 11) is 3.18. The first kappa shape index (κ1) is 13.8. The van der Waals surface area contributed by atoms with Crippen molar-refractivity contribution in [1.82, 2.24) is 4.90 Å². The number of hydrogen-bond donors (Lipinski definition) is 1. The summed E-state index contributed by atoms with van der Waals surface area (Å²) in [5.41, 5.74) is 5.33. The maximum absolute atomic E-state index is 13.5. The molecule has 0 saturated heterocycles. The maximum Gasteiger partial charge on any atom is 0.235 e. The maximum atomic E-state index is 13.5. The monoisotopic (exact) mass is 260 g/mol. The molecule has 1 rings (SSSR count). The Kier molecular flexibility index (Phi) is 4.34. The summed E-state index contributed by atoms with van der Waals surface area (Å²) in [5, 5.41) is -0.558. The van der Waals surface area contributed by atoms with E-state index in [1.54, 1.807) is 21.0 Å². The smallest absolute Gasteiger partial charge is 0.235 e. The van der Waals surface area contributed by atoms with Crippen molar-refractivity contribution in [3.63, 3.8) is 0 Å². The molecule has 0 spiro atoms. The molecular weight excluding hydrogens is 246 g/mol. The fourth-order valence-electron chi connectivity index (χ4n) is 1.28. The van der Waals surface area contributed by atoms with E-state index in [-0.39, 0.29) is 16.5 Å². The molecule has 1 aromatic rings. The first-order valence-electron chi connectivity index (χ1n) is 4.95. The van der Waals surface area contributed by atoms with Crippen LogP contribution in [0.4, 0.5) is 14.5 Å². The quantitative estimate of drug-likeness (QED) is 0.669. The van der Waals surface area contributed by atoms with Gasteiger partial charge < -0.3 is 10.6 Å². The molecule has 3 nitrogen and oxygen atoms in total. The number of nitrogen functional groups attached to an aromatic ring is 1. The number of carbonyl (C=O) groups is 1. The number of nitrogens with zero attached hydrogens (tertiary/aromatic N) is 1. The Morgan fingerprint density at radius 1 is 1.35 bits per heavy atom. The molecule has 1 atom stereocenters. The van der Waals surface area contributed by atoms with Crippen LogP contribution in [-0.2, 0) is 4.79 Å². The van der Waals surface area contributed by atoms with Crippen molar-refractivity contribution in [2.45, 2.75) is 17.1 Å². The second-order valence-corrected chi connectivity index (χ2v) is 5.16. The van der Waals surface area contributed by atoms with E-state index in [4.69, 9.17) is 5.73 Å². The number of anilines is 1. The summed E-state index contributed by atoms with van der Waals surface area (Å²) in [6.45, 7) is 1.60. The number of hydrogen-bond acceptors (Lipinski definition) is 3. The Bertz CT molecular complexity index is 414. The molecular formula is C11H14F2N2OS. The lowest BCUT2D eigenvalue weighted by molar-refractivity contribution is -0.127. The van der Waals surface area contributed by atoms with Crippen molar-refractivity contribution < 1.29 is 13.6 Å². The van der Waals surface area contributed by atoms with Crippen LogP contribution in [-0.4, -0.2) is 30.2 Å². The van der Waals surface area contributed by atoms with Crippen LogP contribution in [0.1, 0.15) is 6.92 Å². The van der Waals surface area contributed by atoms with Gasteiger partial charge in [-0.05, 0) is 19.1 Å². The highest BCUT2D eigenvalue weighted by atomic mass is 32.2. The summed E-state index contributed by atoms with van der Waals surface area (Å²) in [5.74, 6) is -1.69. The molecule has 0 aliphatic rings. The molecule has 1 aromatic carbocycles. The van der Waals surface area contributed by atoms with Crippen LogP contribution < -0.4 is 5.73 Å². The Labute approximate surface area is 103 Å². The normalized spacial score (nSPS) is 12.3. The van der Waals surface area contributed by atoms with E-state index < -0.39 is 16.9 Å². The summed E-state index contributed by atoms with van der Waals surface area (Å²) in [6.07, 6.45) is 0. The highest BCUT2D eigenvalue weighted by molar-refractivity contribution is 8.00. The van der Waals surface area contributed by atoms with Crippen LogP contribution in [0.3, 0.4) is 0 Å². The van der Waals surface area contributed by atoms with Gasteiger partial charge >= 0.3 is 0 Å². The highest BCUT2D eigenvalue weighted by Crippen LogP contribution is 2.30. The van der Waals surface area contributed by atoms with E-state index in [9.17, 15) is 13.6 Å². The Morgan fingerprint density at radius 2 is 1.82 bits per heavy atom. The predicted octanol–water partition coefficient (Wildman–Crippen LogP) is 2.12. The Morgan fingerprint density at radius 3 is 2.24 bits per heavy atom. The van der Waals surface area contributed by atoms with E-state index in [0.717, 1.165) is 23.9 Å². The van der Waals surface area contributed by atoms with E-state index in [1.165, 1.54) is 4.90 Å². The van der Waals surface area contributed by atoms with Crippen molar-refractivity contribution in [3.8, 4) is 0 Å². The highest BCUT2D eigenvalue weighted by Gasteiger charge is 2.20. The van der Waals surface area contributed by atoms with Gasteiger partial charge in [-0.15, -0.1) is 11.8 Å². The van der Waals surface area contributed by atoms with Gasteiger partial charge in [0.25, 0.3) is 0 Å². The number of halogens is 2. The van der Waals surface area contributed by atoms with Crippen LogP contribution in [0.2, 0.25) is 0 Å². The Hall–Kier alpha value is -1.30. The third-order valence-electron chi connectivity index (χ3n) is 2.10. The van der Waals surface area contributed by atoms with Crippen molar-refractivity contribution in [2.24, 2.45) is 0 Å². The average Bonchev–Trinajstić information content (AvgIpc) is 2.21. The van der Waals surface area contributed by atoms with Gasteiger partial charge in [0.2, 0.25) is 5.91 Å². The Balaban J connectivity index is 2.92. The van der Waals surface area contributed by atoms with Crippen molar-refractivity contribution in [1.29, 1.82) is 0 Å². The molecule has 0 aliphatic carbocycles. The molecule has 6 heteroatoms. The first-order chi connectivity index (χ1) is 7.82. The number of thioether (sulfide) groups is 1. The fourth-order valence-corrected chi connectivity index (χ4v) is 2.29. The van der Waals surface area contributed by atoms with Crippen LogP contribution in [0, 0.1) is 11.6 Å². The third kappa shape index (κ3) is 3.33. The molecule has 1 unspecified atom stereocenters. The third-order valence-corrected chi connectivity index (χ3v) is 3.28. The van der Waals surface area contributed by atoms with Crippen molar-refractivity contribution in [2.75, 3.05) is 19.8 Å². The largest absolute Gasteiger partial charge is 0.399 e. The zero-order valence-electron chi connectivity index (χ0n) is 9.83. The molecule has 0 heterocycles. The number of amides is 1. The lowest BCUT2D eigenvalue weighted by Gasteiger charge is -2.17. The molecule has 1 amide bonds. The second-order valence-electron chi connectivity index (χ2n) is 3.81. The number of nitrogens with two attached hydrogens (primary N) is 1. The number of benzene rings is 1. The summed E-state index contributed by atoms with van der Waals surface area (Å²) in [4.78, 5) is 12.8. The molecule has 0 saturated carbocycles. The zero-order chi connectivity index (χ0) is 13.2. The van der Waals surface area contributed by atoms with Gasteiger partial charge in [-0.3, -0.25) is 4.79 Å². The van der Waals surface area contributed by atoms with E-state index in [2.05, 4.69) is 0 Å². The summed E-state index contributed by atoms with van der Waals surface area (Å²) < 4.78 is 26.9. The standard InChI is InChI=1S/C11H14F2N2OS/c1-6(11(16)15(2)3)17-10-8(12)4-7(14)5-9(10)13/h4-6H,14H2,1-3H3. The minimum Gasteiger partial charge on any atom is -0.399 e. The fraction of sp³-hybridized carbons (Fsp3) is 0.364. The molecule has 0 aliphatic heterocycles. The number of carbonyl (C=O) groups excluding carboxylic acids is 1. The van der Waals surface area contributed by atoms with Crippen molar-refractivity contribution in [3.05, 3.63) is 23.8 Å². The lowest BCUT2D eigenvalue weighted by Crippen LogP contribution is -2.29. The molecule has 0 aromatic heterocycles. The predicted molar refractivity (Wildman–Crippen MR) is 64.8 cm³/mol. The molecule has 17 heavy (non-hydrogen) atoms. The van der Waals surface area contributed by atoms with Gasteiger partial charge in [-0.25, -0.2) is 8.78 Å². The SMILES string of the molecule is CC(Sc1c(F)cc(N)cc1F)C(=O)N(C)C. The van der Waals surface area contributed by atoms with E-state index >= 15 is 0 Å². The van der Waals surface area contributed by atoms with Crippen LogP contribution in [0.25, 0.3) is 0 Å². The molecule has 0 radical (unpaired) electrons. The minimum absolute atomic E-state index is 0.0240. The topological polar surface area (TPSA) is 46.3 Å². The van der Waals surface area contributed by atoms with E-state index in [0.29, 0.717) is 0 Å². The second kappa shape index (κ2) is 5.35. The van der Waals surface area contributed by atoms with Gasteiger partial charge in [0.15, 0.2) is 0 Å². The summed E-state index contributed by atoms with van der Waals surface area (Å²) >= 11 is 0.845. The zero-order valence-corrected chi connectivity index (χ0v) is 10.6. The molecule has 2 N–H and O–H groups in total. The average molecular weight is 260 g/mol. The molecule has 94 valence electrons. The van der Waals surface area contributed by atoms with Gasteiger partial charge in [-0.2, -0.15) is 0 Å². The van der Waals surface area contributed by atoms with Crippen molar-refractivity contribution >= 4 is 23.4 Å². The van der Waals surface area contributed by atoms with Crippen LogP contribution in [0.15, 0.2) is 17.0 Å².